The molecule has 0 aromatic heterocycles. The van der Waals surface area contributed by atoms with Crippen molar-refractivity contribution in [1.29, 1.82) is 0 Å². The Kier molecular flexibility index (Phi) is 5.33. The van der Waals surface area contributed by atoms with Crippen molar-refractivity contribution < 1.29 is 14.2 Å². The predicted molar refractivity (Wildman–Crippen MR) is 75.0 cm³/mol. The summed E-state index contributed by atoms with van der Waals surface area (Å²) in [4.78, 5) is 16.5. The number of aliphatic imine (C=N–C) groups is 1. The third-order valence-electron chi connectivity index (χ3n) is 2.85. The van der Waals surface area contributed by atoms with Crippen LogP contribution in [0.3, 0.4) is 0 Å². The molecule has 0 amide bonds. The van der Waals surface area contributed by atoms with Gasteiger partial charge in [-0.25, -0.2) is 0 Å². The summed E-state index contributed by atoms with van der Waals surface area (Å²) in [5.74, 6) is 0.507. The zero-order chi connectivity index (χ0) is 13.5. The molecule has 2 atom stereocenters. The number of rotatable bonds is 6. The van der Waals surface area contributed by atoms with E-state index < -0.39 is 0 Å². The van der Waals surface area contributed by atoms with Crippen molar-refractivity contribution in [3.05, 3.63) is 30.3 Å². The normalized spacial score (nSPS) is 20.2. The van der Waals surface area contributed by atoms with Crippen LogP contribution in [0.5, 0.6) is 0 Å². The van der Waals surface area contributed by atoms with Crippen molar-refractivity contribution in [2.45, 2.75) is 29.9 Å². The molecule has 2 rings (SSSR count). The van der Waals surface area contributed by atoms with Crippen molar-refractivity contribution in [3.8, 4) is 0 Å². The van der Waals surface area contributed by atoms with Crippen molar-refractivity contribution in [2.24, 2.45) is 4.99 Å². The van der Waals surface area contributed by atoms with E-state index in [0.29, 0.717) is 25.7 Å². The Labute approximate surface area is 116 Å². The van der Waals surface area contributed by atoms with Crippen LogP contribution >= 0.6 is 11.8 Å². The molecule has 19 heavy (non-hydrogen) atoms. The molecule has 1 aliphatic heterocycles. The Hall–Kier alpha value is -1.43. The molecule has 1 fully saturated rings. The van der Waals surface area contributed by atoms with Gasteiger partial charge in [0.15, 0.2) is 0 Å². The van der Waals surface area contributed by atoms with Gasteiger partial charge in [-0.15, -0.1) is 0 Å². The molecule has 1 aromatic rings. The quantitative estimate of drug-likeness (QED) is 0.344. The second-order valence-electron chi connectivity index (χ2n) is 4.19. The molecule has 1 heterocycles. The molecular formula is C13H14BNO3S. The van der Waals surface area contributed by atoms with E-state index in [9.17, 15) is 9.50 Å². The molecule has 0 radical (unpaired) electrons. The Morgan fingerprint density at radius 3 is 2.89 bits per heavy atom. The van der Waals surface area contributed by atoms with E-state index in [0.717, 1.165) is 4.90 Å². The third-order valence-corrected chi connectivity index (χ3v) is 3.96. The second-order valence-corrected chi connectivity index (χ2v) is 5.29. The SMILES string of the molecule is O=BC=NC(CSc1ccccc1)C1CCC(=O)O1. The Morgan fingerprint density at radius 2 is 2.26 bits per heavy atom. The fourth-order valence-electron chi connectivity index (χ4n) is 1.91. The van der Waals surface area contributed by atoms with Crippen LogP contribution in [-0.2, 0) is 14.2 Å². The Morgan fingerprint density at radius 1 is 1.47 bits per heavy atom. The van der Waals surface area contributed by atoms with Gasteiger partial charge < -0.3 is 0 Å². The minimum atomic E-state index is -0.208. The fourth-order valence-corrected chi connectivity index (χ4v) is 2.92. The average molecular weight is 275 g/mol. The number of carbonyl (C=O) groups excluding carboxylic acids is 1. The zero-order valence-corrected chi connectivity index (χ0v) is 11.2. The predicted octanol–water partition coefficient (Wildman–Crippen LogP) is 1.93. The van der Waals surface area contributed by atoms with Gasteiger partial charge in [-0.1, -0.05) is 0 Å². The number of carbonyl (C=O) groups is 1. The molecule has 0 bridgehead atoms. The summed E-state index contributed by atoms with van der Waals surface area (Å²) < 4.78 is 15.6. The van der Waals surface area contributed by atoms with Crippen LogP contribution in [0.4, 0.5) is 0 Å². The van der Waals surface area contributed by atoms with Crippen LogP contribution < -0.4 is 0 Å². The van der Waals surface area contributed by atoms with Gasteiger partial charge in [0.05, 0.1) is 0 Å². The molecule has 0 spiro atoms. The van der Waals surface area contributed by atoms with E-state index in [1.807, 2.05) is 30.3 Å². The van der Waals surface area contributed by atoms with Crippen molar-refractivity contribution in [2.75, 3.05) is 5.75 Å². The number of hydrogen-bond acceptors (Lipinski definition) is 5. The monoisotopic (exact) mass is 275 g/mol. The molecule has 1 saturated heterocycles. The number of cyclic esters (lactones) is 1. The van der Waals surface area contributed by atoms with E-state index in [1.54, 1.807) is 11.8 Å². The van der Waals surface area contributed by atoms with Crippen LogP contribution in [0.2, 0.25) is 0 Å². The molecule has 1 aliphatic rings. The van der Waals surface area contributed by atoms with Crippen LogP contribution in [0.25, 0.3) is 0 Å². The molecule has 0 aliphatic carbocycles. The van der Waals surface area contributed by atoms with Gasteiger partial charge in [0, 0.05) is 0 Å². The van der Waals surface area contributed by atoms with Crippen molar-refractivity contribution in [1.82, 2.24) is 0 Å². The summed E-state index contributed by atoms with van der Waals surface area (Å²) in [7, 11) is 0.650. The number of thioether (sulfide) groups is 1. The molecular weight excluding hydrogens is 261 g/mol. The summed E-state index contributed by atoms with van der Waals surface area (Å²) in [5.41, 5.74) is 0. The molecule has 4 nitrogen and oxygen atoms in total. The molecule has 1 aromatic carbocycles. The number of nitrogens with zero attached hydrogens (tertiary/aromatic N) is 1. The first-order valence-electron chi connectivity index (χ1n) is 6.14. The molecule has 6 heteroatoms. The van der Waals surface area contributed by atoms with E-state index in [1.165, 1.54) is 6.11 Å². The molecule has 2 unspecified atom stereocenters. The molecule has 0 saturated carbocycles. The first kappa shape index (κ1) is 14.0. The van der Waals surface area contributed by atoms with Crippen molar-refractivity contribution >= 4 is 31.0 Å². The first-order valence-corrected chi connectivity index (χ1v) is 7.12. The van der Waals surface area contributed by atoms with Gasteiger partial charge in [-0.2, -0.15) is 0 Å². The van der Waals surface area contributed by atoms with Gasteiger partial charge in [-0.3, -0.25) is 0 Å². The maximum absolute atomic E-state index is 11.2. The van der Waals surface area contributed by atoms with Crippen LogP contribution in [0.15, 0.2) is 40.2 Å². The van der Waals surface area contributed by atoms with Gasteiger partial charge >= 0.3 is 116 Å². The van der Waals surface area contributed by atoms with Gasteiger partial charge in [0.1, 0.15) is 0 Å². The molecule has 0 N–H and O–H groups in total. The maximum atomic E-state index is 11.2. The number of ether oxygens (including phenoxy) is 1. The zero-order valence-electron chi connectivity index (χ0n) is 10.4. The van der Waals surface area contributed by atoms with Crippen molar-refractivity contribution in [3.63, 3.8) is 0 Å². The number of esters is 1. The van der Waals surface area contributed by atoms with E-state index >= 15 is 0 Å². The first-order chi connectivity index (χ1) is 9.29. The minimum absolute atomic E-state index is 0.165. The molecule has 98 valence electrons. The van der Waals surface area contributed by atoms with Crippen LogP contribution in [0, 0.1) is 0 Å². The summed E-state index contributed by atoms with van der Waals surface area (Å²) in [6, 6.07) is 9.79. The number of hydrogen-bond donors (Lipinski definition) is 0. The van der Waals surface area contributed by atoms with Gasteiger partial charge in [-0.05, 0) is 0 Å². The third kappa shape index (κ3) is 4.31. The van der Waals surface area contributed by atoms with E-state index in [2.05, 4.69) is 4.99 Å². The van der Waals surface area contributed by atoms with E-state index in [-0.39, 0.29) is 18.1 Å². The second kappa shape index (κ2) is 7.23. The topological polar surface area (TPSA) is 55.7 Å². The van der Waals surface area contributed by atoms with Gasteiger partial charge in [0.2, 0.25) is 0 Å². The van der Waals surface area contributed by atoms with Crippen LogP contribution in [-0.4, -0.2) is 37.1 Å². The summed E-state index contributed by atoms with van der Waals surface area (Å²) in [6.45, 7) is 0. The summed E-state index contributed by atoms with van der Waals surface area (Å²) in [5, 5.41) is 0. The van der Waals surface area contributed by atoms with Crippen LogP contribution in [0.1, 0.15) is 12.8 Å². The number of benzene rings is 1. The standard InChI is InChI=1S/C13H14BNO3S/c16-13-7-6-12(18-13)11(15-9-14-17)8-19-10-4-2-1-3-5-10/h1-5,9,11-12H,6-8H2. The fraction of sp³-hybridized carbons (Fsp3) is 0.385. The van der Waals surface area contributed by atoms with Gasteiger partial charge in [0.25, 0.3) is 0 Å². The van der Waals surface area contributed by atoms with E-state index in [4.69, 9.17) is 4.74 Å². The summed E-state index contributed by atoms with van der Waals surface area (Å²) in [6.07, 6.45) is 2.14. The average Bonchev–Trinajstić information content (AvgIpc) is 2.86. The summed E-state index contributed by atoms with van der Waals surface area (Å²) >= 11 is 1.65. The Balaban J connectivity index is 1.96. The Bertz CT molecular complexity index is 466.